The maximum atomic E-state index is 13.4. The second-order valence-corrected chi connectivity index (χ2v) is 14.3. The van der Waals surface area contributed by atoms with Crippen molar-refractivity contribution in [3.05, 3.63) is 11.6 Å². The Morgan fingerprint density at radius 1 is 1.10 bits per heavy atom. The van der Waals surface area contributed by atoms with Crippen molar-refractivity contribution in [2.45, 2.75) is 128 Å². The molecule has 40 heavy (non-hydrogen) atoms. The third-order valence-electron chi connectivity index (χ3n) is 11.3. The number of aliphatic hydroxyl groups is 4. The Balaban J connectivity index is 1.61. The largest absolute Gasteiger partial charge is 0.481 e. The van der Waals surface area contributed by atoms with Crippen LogP contribution in [-0.2, 0) is 19.1 Å². The van der Waals surface area contributed by atoms with Crippen molar-refractivity contribution in [3.63, 3.8) is 0 Å². The highest BCUT2D eigenvalue weighted by atomic mass is 16.5. The number of fused-ring (bicyclic) bond motifs is 5. The first kappa shape index (κ1) is 31.1. The third kappa shape index (κ3) is 5.39. The van der Waals surface area contributed by atoms with E-state index in [2.05, 4.69) is 6.92 Å². The molecule has 0 heterocycles. The van der Waals surface area contributed by atoms with E-state index in [1.54, 1.807) is 19.9 Å². The molecule has 226 valence electrons. The Bertz CT molecular complexity index is 1050. The van der Waals surface area contributed by atoms with Gasteiger partial charge in [-0.05, 0) is 100 Å². The van der Waals surface area contributed by atoms with Gasteiger partial charge in [-0.25, -0.2) is 0 Å². The average molecular weight is 565 g/mol. The van der Waals surface area contributed by atoms with Gasteiger partial charge in [0.1, 0.15) is 6.10 Å². The van der Waals surface area contributed by atoms with E-state index in [9.17, 15) is 34.8 Å². The van der Waals surface area contributed by atoms with Crippen molar-refractivity contribution in [2.24, 2.45) is 34.5 Å². The monoisotopic (exact) mass is 564 g/mol. The maximum Gasteiger partial charge on any atom is 0.306 e. The zero-order valence-corrected chi connectivity index (χ0v) is 24.6. The molecule has 2 unspecified atom stereocenters. The summed E-state index contributed by atoms with van der Waals surface area (Å²) >= 11 is 0. The van der Waals surface area contributed by atoms with Crippen molar-refractivity contribution in [2.75, 3.05) is 0 Å². The van der Waals surface area contributed by atoms with E-state index in [1.807, 2.05) is 13.8 Å². The Labute approximate surface area is 237 Å². The predicted octanol–water partition coefficient (Wildman–Crippen LogP) is 3.15. The number of rotatable bonds is 9. The van der Waals surface area contributed by atoms with E-state index in [0.717, 1.165) is 12.0 Å². The lowest BCUT2D eigenvalue weighted by Gasteiger charge is -2.60. The van der Waals surface area contributed by atoms with E-state index in [0.29, 0.717) is 38.5 Å². The van der Waals surface area contributed by atoms with E-state index >= 15 is 0 Å². The lowest BCUT2D eigenvalue weighted by Crippen LogP contribution is -2.61. The molecule has 0 bridgehead atoms. The summed E-state index contributed by atoms with van der Waals surface area (Å²) in [6.45, 7) is 9.48. The van der Waals surface area contributed by atoms with Crippen molar-refractivity contribution in [1.82, 2.24) is 0 Å². The van der Waals surface area contributed by atoms with E-state index in [1.165, 1.54) is 0 Å². The van der Waals surface area contributed by atoms with Crippen molar-refractivity contribution in [1.29, 1.82) is 0 Å². The highest BCUT2D eigenvalue weighted by Gasteiger charge is 2.67. The van der Waals surface area contributed by atoms with Crippen LogP contribution < -0.4 is 0 Å². The van der Waals surface area contributed by atoms with Crippen molar-refractivity contribution in [3.8, 4) is 0 Å². The summed E-state index contributed by atoms with van der Waals surface area (Å²) in [6, 6.07) is 0. The van der Waals surface area contributed by atoms with Crippen LogP contribution >= 0.6 is 0 Å². The van der Waals surface area contributed by atoms with Crippen LogP contribution in [0.2, 0.25) is 0 Å². The molecule has 0 amide bonds. The number of carboxylic acids is 1. The molecule has 0 aromatic rings. The van der Waals surface area contributed by atoms with Crippen LogP contribution in [0.3, 0.4) is 0 Å². The molecular weight excluding hydrogens is 516 g/mol. The predicted molar refractivity (Wildman–Crippen MR) is 146 cm³/mol. The van der Waals surface area contributed by atoms with Crippen LogP contribution in [0, 0.1) is 34.5 Å². The van der Waals surface area contributed by atoms with Crippen LogP contribution in [0.4, 0.5) is 0 Å². The number of allylic oxidation sites excluding steroid dienone is 1. The molecule has 4 aliphatic carbocycles. The number of esters is 1. The fourth-order valence-electron chi connectivity index (χ4n) is 8.87. The van der Waals surface area contributed by atoms with Crippen LogP contribution in [0.1, 0.15) is 98.8 Å². The van der Waals surface area contributed by atoms with Crippen LogP contribution in [-0.4, -0.2) is 72.8 Å². The van der Waals surface area contributed by atoms with Gasteiger partial charge in [0.05, 0.1) is 36.3 Å². The highest BCUT2D eigenvalue weighted by Crippen LogP contribution is 2.68. The number of hydrogen-bond donors (Lipinski definition) is 5. The average Bonchev–Trinajstić information content (AvgIpc) is 3.12. The number of ether oxygens (including phenoxy) is 1. The number of carboxylic acid groups (broad SMARTS) is 1. The van der Waals surface area contributed by atoms with Gasteiger partial charge >= 0.3 is 11.9 Å². The molecule has 0 aliphatic heterocycles. The zero-order valence-electron chi connectivity index (χ0n) is 24.6. The Morgan fingerprint density at radius 3 is 2.40 bits per heavy atom. The highest BCUT2D eigenvalue weighted by molar-refractivity contribution is 5.95. The molecule has 0 aromatic carbocycles. The Kier molecular flexibility index (Phi) is 8.40. The van der Waals surface area contributed by atoms with Crippen molar-refractivity contribution < 1.29 is 44.7 Å². The second-order valence-electron chi connectivity index (χ2n) is 14.3. The molecule has 0 saturated heterocycles. The Morgan fingerprint density at radius 2 is 1.77 bits per heavy atom. The van der Waals surface area contributed by atoms with Crippen molar-refractivity contribution >= 4 is 17.7 Å². The SMILES string of the molecule is C[C@@H](C1CC[C@@]2(O)C3=CC(=O)[C@@H]4C[C@@H](O)[C@@H](O)C[C@]4(C)C3CC[C@]12C)[C@@H](CCC(C)(C)O)OC(=O)CCC(=O)O. The first-order chi connectivity index (χ1) is 18.4. The fraction of sp³-hybridized carbons (Fsp3) is 0.839. The number of aliphatic hydroxyl groups excluding tert-OH is 2. The van der Waals surface area contributed by atoms with E-state index in [4.69, 9.17) is 9.84 Å². The molecular formula is C31H48O9. The smallest absolute Gasteiger partial charge is 0.306 e. The summed E-state index contributed by atoms with van der Waals surface area (Å²) in [6.07, 6.45) is 2.57. The molecule has 0 aromatic heterocycles. The summed E-state index contributed by atoms with van der Waals surface area (Å²) in [5.74, 6) is -2.45. The lowest BCUT2D eigenvalue weighted by molar-refractivity contribution is -0.162. The topological polar surface area (TPSA) is 162 Å². The first-order valence-electron chi connectivity index (χ1n) is 14.9. The minimum atomic E-state index is -1.23. The maximum absolute atomic E-state index is 13.4. The molecule has 9 nitrogen and oxygen atoms in total. The summed E-state index contributed by atoms with van der Waals surface area (Å²) < 4.78 is 5.85. The van der Waals surface area contributed by atoms with E-state index in [-0.39, 0.29) is 48.7 Å². The van der Waals surface area contributed by atoms with Gasteiger partial charge in [-0.3, -0.25) is 14.4 Å². The minimum absolute atomic E-state index is 0.0437. The fourth-order valence-corrected chi connectivity index (χ4v) is 8.87. The standard InChI is InChI=1S/C31H48O9/c1-17(25(10-11-28(2,3)38)40-27(37)7-6-26(35)36)18-9-13-31(39)20-14-22(32)21-15-23(33)24(34)16-29(21,4)19(20)8-12-30(18,31)5/h14,17-19,21,23-25,33-34,38-39H,6-13,15-16H2,1-5H3,(H,35,36)/t17-,18?,19?,21-,23+,24-,25+,29+,30+,31+/m0/s1. The van der Waals surface area contributed by atoms with Gasteiger partial charge in [-0.2, -0.15) is 0 Å². The molecule has 9 heteroatoms. The zero-order chi connectivity index (χ0) is 29.8. The molecule has 0 spiro atoms. The lowest BCUT2D eigenvalue weighted by atomic mass is 9.46. The number of carbonyl (C=O) groups is 3. The molecule has 4 aliphatic rings. The second kappa shape index (κ2) is 10.8. The normalized spacial score (nSPS) is 40.8. The quantitative estimate of drug-likeness (QED) is 0.265. The summed E-state index contributed by atoms with van der Waals surface area (Å²) in [4.78, 5) is 37.0. The molecule has 3 fully saturated rings. The molecule has 4 rings (SSSR count). The van der Waals surface area contributed by atoms with Gasteiger partial charge in [-0.1, -0.05) is 20.8 Å². The van der Waals surface area contributed by atoms with Gasteiger partial charge in [0, 0.05) is 11.3 Å². The summed E-state index contributed by atoms with van der Waals surface area (Å²) in [5, 5.41) is 52.7. The van der Waals surface area contributed by atoms with Gasteiger partial charge in [0.2, 0.25) is 0 Å². The van der Waals surface area contributed by atoms with E-state index < -0.39 is 52.3 Å². The Hall–Kier alpha value is -1.81. The number of hydrogen-bond acceptors (Lipinski definition) is 8. The third-order valence-corrected chi connectivity index (χ3v) is 11.3. The molecule has 3 saturated carbocycles. The molecule has 0 radical (unpaired) electrons. The molecule has 10 atom stereocenters. The minimum Gasteiger partial charge on any atom is -0.481 e. The van der Waals surface area contributed by atoms with Gasteiger partial charge in [-0.15, -0.1) is 0 Å². The summed E-state index contributed by atoms with van der Waals surface area (Å²) in [5.41, 5.74) is -2.59. The van der Waals surface area contributed by atoms with Crippen LogP contribution in [0.5, 0.6) is 0 Å². The van der Waals surface area contributed by atoms with Crippen LogP contribution in [0.25, 0.3) is 0 Å². The number of ketones is 1. The first-order valence-corrected chi connectivity index (χ1v) is 14.9. The van der Waals surface area contributed by atoms with Gasteiger partial charge in [0.15, 0.2) is 5.78 Å². The molecule has 5 N–H and O–H groups in total. The van der Waals surface area contributed by atoms with Crippen LogP contribution in [0.15, 0.2) is 11.6 Å². The number of aliphatic carboxylic acids is 1. The summed E-state index contributed by atoms with van der Waals surface area (Å²) in [7, 11) is 0. The van der Waals surface area contributed by atoms with Gasteiger partial charge in [0.25, 0.3) is 0 Å². The van der Waals surface area contributed by atoms with Gasteiger partial charge < -0.3 is 30.3 Å². The number of carbonyl (C=O) groups excluding carboxylic acids is 2.